The second-order valence-corrected chi connectivity index (χ2v) is 4.89. The molecule has 2 heterocycles. The lowest BCUT2D eigenvalue weighted by molar-refractivity contribution is -0.139. The minimum absolute atomic E-state index is 0.00150. The average Bonchev–Trinajstić information content (AvgIpc) is 2.59. The predicted molar refractivity (Wildman–Crippen MR) is 77.2 cm³/mol. The van der Waals surface area contributed by atoms with Crippen LogP contribution in [0.25, 0.3) is 0 Å². The van der Waals surface area contributed by atoms with Crippen LogP contribution in [-0.4, -0.2) is 36.1 Å². The molecule has 0 bridgehead atoms. The molecule has 126 valence electrons. The summed E-state index contributed by atoms with van der Waals surface area (Å²) in [5.41, 5.74) is -0.844. The van der Waals surface area contributed by atoms with Crippen LogP contribution in [-0.2, 0) is 6.18 Å². The summed E-state index contributed by atoms with van der Waals surface area (Å²) in [6.45, 7) is 0.0630. The van der Waals surface area contributed by atoms with Gasteiger partial charge in [0, 0.05) is 6.20 Å². The number of ether oxygens (including phenoxy) is 2. The van der Waals surface area contributed by atoms with E-state index in [2.05, 4.69) is 9.97 Å². The number of benzene rings is 1. The third-order valence-electron chi connectivity index (χ3n) is 3.43. The van der Waals surface area contributed by atoms with Crippen molar-refractivity contribution in [1.29, 1.82) is 0 Å². The summed E-state index contributed by atoms with van der Waals surface area (Å²) >= 11 is 0. The summed E-state index contributed by atoms with van der Waals surface area (Å²) in [5.74, 6) is -0.912. The van der Waals surface area contributed by atoms with Gasteiger partial charge in [-0.15, -0.1) is 0 Å². The molecule has 9 heteroatoms. The first kappa shape index (κ1) is 16.0. The Bertz CT molecular complexity index is 780. The number of nitrogens with zero attached hydrogens (tertiary/aromatic N) is 3. The molecule has 6 nitrogen and oxygen atoms in total. The molecule has 0 aliphatic carbocycles. The second-order valence-electron chi connectivity index (χ2n) is 4.89. The fourth-order valence-electron chi connectivity index (χ4n) is 2.38. The van der Waals surface area contributed by atoms with Crippen LogP contribution < -0.4 is 14.4 Å². The number of halogens is 3. The zero-order chi connectivity index (χ0) is 17.3. The first-order valence-corrected chi connectivity index (χ1v) is 6.93. The van der Waals surface area contributed by atoms with Crippen molar-refractivity contribution in [3.63, 3.8) is 0 Å². The number of rotatable bonds is 2. The lowest BCUT2D eigenvalue weighted by atomic mass is 10.1. The van der Waals surface area contributed by atoms with Gasteiger partial charge in [-0.1, -0.05) is 6.07 Å². The highest BCUT2D eigenvalue weighted by Crippen LogP contribution is 2.43. The smallest absolute Gasteiger partial charge is 0.420 e. The minimum Gasteiger partial charge on any atom is -0.489 e. The number of aromatic nitrogens is 2. The predicted octanol–water partition coefficient (Wildman–Crippen LogP) is 2.54. The van der Waals surface area contributed by atoms with Crippen molar-refractivity contribution >= 4 is 11.6 Å². The first-order chi connectivity index (χ1) is 11.4. The molecule has 1 aromatic heterocycles. The van der Waals surface area contributed by atoms with Crippen molar-refractivity contribution in [2.75, 3.05) is 25.2 Å². The summed E-state index contributed by atoms with van der Waals surface area (Å²) < 4.78 is 49.3. The summed E-state index contributed by atoms with van der Waals surface area (Å²) in [5, 5.41) is 0. The van der Waals surface area contributed by atoms with Gasteiger partial charge < -0.3 is 14.4 Å². The fraction of sp³-hybridized carbons (Fsp3) is 0.267. The van der Waals surface area contributed by atoms with Gasteiger partial charge in [0.05, 0.1) is 24.9 Å². The van der Waals surface area contributed by atoms with E-state index >= 15 is 0 Å². The molecule has 0 saturated heterocycles. The number of para-hydroxylation sites is 1. The lowest BCUT2D eigenvalue weighted by Crippen LogP contribution is -2.39. The molecule has 1 aliphatic rings. The van der Waals surface area contributed by atoms with Crippen LogP contribution in [0.1, 0.15) is 16.1 Å². The Balaban J connectivity index is 2.02. The minimum atomic E-state index is -4.57. The van der Waals surface area contributed by atoms with Gasteiger partial charge in [-0.25, -0.2) is 4.98 Å². The van der Waals surface area contributed by atoms with Gasteiger partial charge in [-0.05, 0) is 18.2 Å². The van der Waals surface area contributed by atoms with Gasteiger partial charge in [0.25, 0.3) is 5.91 Å². The Labute approximate surface area is 134 Å². The third-order valence-corrected chi connectivity index (χ3v) is 3.43. The summed E-state index contributed by atoms with van der Waals surface area (Å²) in [7, 11) is 1.35. The molecule has 1 aliphatic heterocycles. The summed E-state index contributed by atoms with van der Waals surface area (Å²) in [4.78, 5) is 21.6. The van der Waals surface area contributed by atoms with Gasteiger partial charge in [-0.2, -0.15) is 18.2 Å². The van der Waals surface area contributed by atoms with Crippen LogP contribution in [0.5, 0.6) is 11.8 Å². The average molecular weight is 339 g/mol. The number of carbonyl (C=O) groups excluding carboxylic acids is 1. The van der Waals surface area contributed by atoms with Crippen molar-refractivity contribution in [1.82, 2.24) is 9.97 Å². The van der Waals surface area contributed by atoms with Gasteiger partial charge in [0.2, 0.25) is 0 Å². The molecule has 0 fully saturated rings. The first-order valence-electron chi connectivity index (χ1n) is 6.93. The van der Waals surface area contributed by atoms with E-state index < -0.39 is 17.6 Å². The fourth-order valence-corrected chi connectivity index (χ4v) is 2.38. The number of alkyl halides is 3. The Morgan fingerprint density at radius 1 is 1.33 bits per heavy atom. The molecule has 0 N–H and O–H groups in total. The number of hydrogen-bond acceptors (Lipinski definition) is 5. The van der Waals surface area contributed by atoms with E-state index in [1.165, 1.54) is 36.4 Å². The molecule has 0 atom stereocenters. The lowest BCUT2D eigenvalue weighted by Gasteiger charge is -2.30. The molecule has 0 radical (unpaired) electrons. The van der Waals surface area contributed by atoms with E-state index in [4.69, 9.17) is 9.47 Å². The second kappa shape index (κ2) is 5.99. The van der Waals surface area contributed by atoms with Gasteiger partial charge >= 0.3 is 12.2 Å². The van der Waals surface area contributed by atoms with Crippen LogP contribution >= 0.6 is 0 Å². The molecule has 0 unspecified atom stereocenters. The molecule has 2 aromatic rings. The topological polar surface area (TPSA) is 64.5 Å². The molecular formula is C15H12F3N3O3. The van der Waals surface area contributed by atoms with Crippen LogP contribution in [0.3, 0.4) is 0 Å². The maximum atomic E-state index is 13.1. The van der Waals surface area contributed by atoms with Crippen LogP contribution in [0.15, 0.2) is 30.5 Å². The quantitative estimate of drug-likeness (QED) is 0.841. The number of hydrogen-bond donors (Lipinski definition) is 0. The van der Waals surface area contributed by atoms with Crippen molar-refractivity contribution in [3.8, 4) is 11.8 Å². The zero-order valence-electron chi connectivity index (χ0n) is 12.5. The van der Waals surface area contributed by atoms with Crippen molar-refractivity contribution in [2.45, 2.75) is 6.18 Å². The van der Waals surface area contributed by atoms with E-state index in [1.807, 2.05) is 0 Å². The molecule has 1 amide bonds. The van der Waals surface area contributed by atoms with E-state index in [-0.39, 0.29) is 36.3 Å². The van der Waals surface area contributed by atoms with Crippen LogP contribution in [0, 0.1) is 0 Å². The molecule has 3 rings (SSSR count). The Hall–Kier alpha value is -2.84. The van der Waals surface area contributed by atoms with Crippen molar-refractivity contribution in [3.05, 3.63) is 41.7 Å². The third kappa shape index (κ3) is 2.84. The van der Waals surface area contributed by atoms with Crippen LogP contribution in [0.2, 0.25) is 0 Å². The zero-order valence-corrected chi connectivity index (χ0v) is 12.5. The summed E-state index contributed by atoms with van der Waals surface area (Å²) in [6, 6.07) is 4.92. The number of methoxy groups -OCH3 is 1. The molecular weight excluding hydrogens is 327 g/mol. The van der Waals surface area contributed by atoms with E-state index in [1.54, 1.807) is 0 Å². The van der Waals surface area contributed by atoms with Crippen molar-refractivity contribution < 1.29 is 27.4 Å². The molecule has 24 heavy (non-hydrogen) atoms. The number of fused-ring (bicyclic) bond motifs is 1. The highest BCUT2D eigenvalue weighted by atomic mass is 19.4. The Morgan fingerprint density at radius 2 is 2.12 bits per heavy atom. The Kier molecular flexibility index (Phi) is 4.00. The van der Waals surface area contributed by atoms with Gasteiger partial charge in [0.15, 0.2) is 5.75 Å². The molecule has 0 saturated carbocycles. The van der Waals surface area contributed by atoms with Crippen LogP contribution in [0.4, 0.5) is 18.9 Å². The number of amides is 1. The Morgan fingerprint density at radius 3 is 2.83 bits per heavy atom. The molecule has 0 spiro atoms. The molecule has 1 aromatic carbocycles. The van der Waals surface area contributed by atoms with E-state index in [0.29, 0.717) is 0 Å². The van der Waals surface area contributed by atoms with Gasteiger partial charge in [-0.3, -0.25) is 4.79 Å². The highest BCUT2D eigenvalue weighted by Gasteiger charge is 2.38. The normalized spacial score (nSPS) is 13.9. The maximum absolute atomic E-state index is 13.1. The maximum Gasteiger partial charge on any atom is 0.420 e. The number of anilines is 1. The van der Waals surface area contributed by atoms with E-state index in [0.717, 1.165) is 6.07 Å². The van der Waals surface area contributed by atoms with E-state index in [9.17, 15) is 18.0 Å². The monoisotopic (exact) mass is 339 g/mol. The standard InChI is InChI=1S/C15H12F3N3O3/c1-23-14-19-6-5-10(20-14)13(22)21-7-8-24-12-9(15(16,17)18)3-2-4-11(12)21/h2-6H,7-8H2,1H3. The largest absolute Gasteiger partial charge is 0.489 e. The number of carbonyl (C=O) groups is 1. The highest BCUT2D eigenvalue weighted by molar-refractivity contribution is 6.06. The van der Waals surface area contributed by atoms with Gasteiger partial charge in [0.1, 0.15) is 12.3 Å². The summed E-state index contributed by atoms with van der Waals surface area (Å²) in [6.07, 6.45) is -3.23. The van der Waals surface area contributed by atoms with Crippen molar-refractivity contribution in [2.24, 2.45) is 0 Å². The SMILES string of the molecule is COc1nccc(C(=O)N2CCOc3c2cccc3C(F)(F)F)n1.